The van der Waals surface area contributed by atoms with Gasteiger partial charge in [0, 0.05) is 11.6 Å². The number of carbonyl (C=O) groups excluding carboxylic acids is 1. The number of carboxylic acids is 1. The topological polar surface area (TPSA) is 76.1 Å². The quantitative estimate of drug-likeness (QED) is 0.833. The maximum absolute atomic E-state index is 12.4. The maximum atomic E-state index is 12.4. The third-order valence-corrected chi connectivity index (χ3v) is 2.90. The Labute approximate surface area is 124 Å². The van der Waals surface area contributed by atoms with Crippen LogP contribution >= 0.6 is 0 Å². The van der Waals surface area contributed by atoms with Crippen LogP contribution < -0.4 is 9.47 Å². The van der Waals surface area contributed by atoms with Crippen molar-refractivity contribution >= 4 is 11.9 Å². The fraction of sp³-hybridized carbons (Fsp3) is 0.467. The number of aliphatic carboxylic acids is 1. The molecule has 0 radical (unpaired) electrons. The molecule has 1 aromatic carbocycles. The van der Waals surface area contributed by atoms with Crippen molar-refractivity contribution < 1.29 is 24.2 Å². The summed E-state index contributed by atoms with van der Waals surface area (Å²) in [6.07, 6.45) is 0. The van der Waals surface area contributed by atoms with E-state index in [4.69, 9.17) is 14.6 Å². The second kappa shape index (κ2) is 7.52. The van der Waals surface area contributed by atoms with Gasteiger partial charge in [-0.25, -0.2) is 0 Å². The van der Waals surface area contributed by atoms with Crippen LogP contribution in [-0.4, -0.2) is 48.2 Å². The second-order valence-corrected chi connectivity index (χ2v) is 4.72. The minimum absolute atomic E-state index is 0.217. The van der Waals surface area contributed by atoms with E-state index in [1.165, 1.54) is 12.0 Å². The summed E-state index contributed by atoms with van der Waals surface area (Å²) < 4.78 is 10.6. The Morgan fingerprint density at radius 2 is 1.95 bits per heavy atom. The first-order valence-corrected chi connectivity index (χ1v) is 6.74. The van der Waals surface area contributed by atoms with E-state index in [1.54, 1.807) is 32.0 Å². The van der Waals surface area contributed by atoms with E-state index in [2.05, 4.69) is 0 Å². The van der Waals surface area contributed by atoms with Gasteiger partial charge in [-0.3, -0.25) is 9.59 Å². The highest BCUT2D eigenvalue weighted by molar-refractivity contribution is 5.96. The number of ether oxygens (including phenoxy) is 2. The third-order valence-electron chi connectivity index (χ3n) is 2.90. The Morgan fingerprint density at radius 3 is 2.43 bits per heavy atom. The molecule has 0 atom stereocenters. The van der Waals surface area contributed by atoms with Crippen molar-refractivity contribution in [1.82, 2.24) is 4.90 Å². The zero-order valence-corrected chi connectivity index (χ0v) is 12.8. The van der Waals surface area contributed by atoms with Crippen LogP contribution in [0.3, 0.4) is 0 Å². The first-order valence-electron chi connectivity index (χ1n) is 6.74. The average Bonchev–Trinajstić information content (AvgIpc) is 2.44. The molecule has 0 aliphatic heterocycles. The highest BCUT2D eigenvalue weighted by Crippen LogP contribution is 2.28. The lowest BCUT2D eigenvalue weighted by Gasteiger charge is -2.25. The van der Waals surface area contributed by atoms with Gasteiger partial charge in [0.15, 0.2) is 11.5 Å². The van der Waals surface area contributed by atoms with Crippen molar-refractivity contribution in [1.29, 1.82) is 0 Å². The molecule has 0 aliphatic carbocycles. The molecule has 0 aromatic heterocycles. The van der Waals surface area contributed by atoms with Crippen LogP contribution in [0, 0.1) is 0 Å². The molecule has 0 unspecified atom stereocenters. The van der Waals surface area contributed by atoms with Gasteiger partial charge in [-0.15, -0.1) is 0 Å². The third kappa shape index (κ3) is 4.37. The Balaban J connectivity index is 3.07. The summed E-state index contributed by atoms with van der Waals surface area (Å²) in [6, 6.07) is 4.60. The molecular formula is C15H21NO5. The smallest absolute Gasteiger partial charge is 0.323 e. The molecule has 6 nitrogen and oxygen atoms in total. The van der Waals surface area contributed by atoms with Gasteiger partial charge in [-0.2, -0.15) is 0 Å². The van der Waals surface area contributed by atoms with Crippen molar-refractivity contribution in [3.05, 3.63) is 23.8 Å². The first-order chi connectivity index (χ1) is 9.90. The second-order valence-electron chi connectivity index (χ2n) is 4.72. The van der Waals surface area contributed by atoms with Gasteiger partial charge in [0.2, 0.25) is 0 Å². The number of benzene rings is 1. The Hall–Kier alpha value is -2.24. The minimum Gasteiger partial charge on any atom is -0.493 e. The van der Waals surface area contributed by atoms with Crippen LogP contribution in [-0.2, 0) is 4.79 Å². The molecule has 6 heteroatoms. The monoisotopic (exact) mass is 295 g/mol. The van der Waals surface area contributed by atoms with E-state index in [-0.39, 0.29) is 18.5 Å². The maximum Gasteiger partial charge on any atom is 0.323 e. The van der Waals surface area contributed by atoms with Crippen LogP contribution in [0.25, 0.3) is 0 Å². The molecule has 1 N–H and O–H groups in total. The summed E-state index contributed by atoms with van der Waals surface area (Å²) in [6.45, 7) is 5.54. The molecule has 1 amide bonds. The van der Waals surface area contributed by atoms with Crippen LogP contribution in [0.4, 0.5) is 0 Å². The normalized spacial score (nSPS) is 10.3. The van der Waals surface area contributed by atoms with E-state index in [9.17, 15) is 9.59 Å². The van der Waals surface area contributed by atoms with Crippen LogP contribution in [0.2, 0.25) is 0 Å². The van der Waals surface area contributed by atoms with Gasteiger partial charge >= 0.3 is 5.97 Å². The minimum atomic E-state index is -1.05. The Morgan fingerprint density at radius 1 is 1.29 bits per heavy atom. The standard InChI is InChI=1S/C15H21NO5/c1-5-21-12-7-6-11(8-13(12)20-4)15(19)16(10(2)3)9-14(17)18/h6-8,10H,5,9H2,1-4H3,(H,17,18). The largest absolute Gasteiger partial charge is 0.493 e. The van der Waals surface area contributed by atoms with Crippen molar-refractivity contribution in [3.63, 3.8) is 0 Å². The Bertz CT molecular complexity index is 513. The number of amides is 1. The zero-order chi connectivity index (χ0) is 16.0. The summed E-state index contributed by atoms with van der Waals surface area (Å²) in [5.41, 5.74) is 0.366. The lowest BCUT2D eigenvalue weighted by atomic mass is 10.1. The molecule has 0 heterocycles. The van der Waals surface area contributed by atoms with Crippen LogP contribution in [0.15, 0.2) is 18.2 Å². The number of methoxy groups -OCH3 is 1. The molecule has 0 aliphatic rings. The molecule has 1 aromatic rings. The SMILES string of the molecule is CCOc1ccc(C(=O)N(CC(=O)O)C(C)C)cc1OC. The summed E-state index contributed by atoms with van der Waals surface area (Å²) in [7, 11) is 1.49. The molecule has 0 saturated heterocycles. The number of carbonyl (C=O) groups is 2. The molecule has 116 valence electrons. The van der Waals surface area contributed by atoms with Crippen molar-refractivity contribution in [2.24, 2.45) is 0 Å². The Kier molecular flexibility index (Phi) is 6.02. The molecule has 0 spiro atoms. The number of hydrogen-bond donors (Lipinski definition) is 1. The van der Waals surface area contributed by atoms with Gasteiger partial charge in [-0.1, -0.05) is 0 Å². The fourth-order valence-corrected chi connectivity index (χ4v) is 1.88. The van der Waals surface area contributed by atoms with Crippen molar-refractivity contribution in [2.75, 3.05) is 20.3 Å². The summed E-state index contributed by atoms with van der Waals surface area (Å²) >= 11 is 0. The summed E-state index contributed by atoms with van der Waals surface area (Å²) in [5.74, 6) is -0.406. The molecule has 0 fully saturated rings. The van der Waals surface area contributed by atoms with Crippen LogP contribution in [0.1, 0.15) is 31.1 Å². The van der Waals surface area contributed by atoms with E-state index >= 15 is 0 Å². The summed E-state index contributed by atoms with van der Waals surface area (Å²) in [4.78, 5) is 24.6. The first kappa shape index (κ1) is 16.8. The van der Waals surface area contributed by atoms with Gasteiger partial charge < -0.3 is 19.5 Å². The van der Waals surface area contributed by atoms with Gasteiger partial charge in [0.25, 0.3) is 5.91 Å². The zero-order valence-electron chi connectivity index (χ0n) is 12.8. The molecule has 0 saturated carbocycles. The number of carboxylic acid groups (broad SMARTS) is 1. The number of rotatable bonds is 7. The van der Waals surface area contributed by atoms with Crippen molar-refractivity contribution in [2.45, 2.75) is 26.8 Å². The summed E-state index contributed by atoms with van der Waals surface area (Å²) in [5, 5.41) is 8.90. The fourth-order valence-electron chi connectivity index (χ4n) is 1.88. The van der Waals surface area contributed by atoms with Gasteiger partial charge in [-0.05, 0) is 39.0 Å². The van der Waals surface area contributed by atoms with E-state index in [0.29, 0.717) is 23.7 Å². The predicted octanol–water partition coefficient (Wildman–Crippen LogP) is 2.03. The number of nitrogens with zero attached hydrogens (tertiary/aromatic N) is 1. The highest BCUT2D eigenvalue weighted by atomic mass is 16.5. The number of hydrogen-bond acceptors (Lipinski definition) is 4. The average molecular weight is 295 g/mol. The molecule has 0 bridgehead atoms. The highest BCUT2D eigenvalue weighted by Gasteiger charge is 2.22. The van der Waals surface area contributed by atoms with Crippen LogP contribution in [0.5, 0.6) is 11.5 Å². The van der Waals surface area contributed by atoms with E-state index in [0.717, 1.165) is 0 Å². The molecule has 21 heavy (non-hydrogen) atoms. The van der Waals surface area contributed by atoms with Crippen molar-refractivity contribution in [3.8, 4) is 11.5 Å². The predicted molar refractivity (Wildman–Crippen MR) is 78.0 cm³/mol. The lowest BCUT2D eigenvalue weighted by Crippen LogP contribution is -2.40. The van der Waals surface area contributed by atoms with E-state index < -0.39 is 5.97 Å². The molecule has 1 rings (SSSR count). The van der Waals surface area contributed by atoms with E-state index in [1.807, 2.05) is 6.92 Å². The lowest BCUT2D eigenvalue weighted by molar-refractivity contribution is -0.138. The molecular weight excluding hydrogens is 274 g/mol. The van der Waals surface area contributed by atoms with Gasteiger partial charge in [0.1, 0.15) is 6.54 Å². The van der Waals surface area contributed by atoms with Gasteiger partial charge in [0.05, 0.1) is 13.7 Å².